The first kappa shape index (κ1) is 15.7. The van der Waals surface area contributed by atoms with Gasteiger partial charge in [0.15, 0.2) is 11.5 Å². The van der Waals surface area contributed by atoms with Gasteiger partial charge in [-0.15, -0.1) is 0 Å². The van der Waals surface area contributed by atoms with Gasteiger partial charge in [0.2, 0.25) is 0 Å². The third-order valence-corrected chi connectivity index (χ3v) is 4.17. The molecule has 1 aromatic heterocycles. The number of carbonyl (C=O) groups excluding carboxylic acids is 1. The minimum absolute atomic E-state index is 0.219. The highest BCUT2D eigenvalue weighted by Gasteiger charge is 2.20. The molecule has 1 atom stereocenters. The Morgan fingerprint density at radius 3 is 2.70 bits per heavy atom. The number of fused-ring (bicyclic) bond motifs is 1. The molecule has 7 heteroatoms. The van der Waals surface area contributed by atoms with Crippen LogP contribution in [0, 0.1) is 6.92 Å². The van der Waals surface area contributed by atoms with Gasteiger partial charge >= 0.3 is 0 Å². The van der Waals surface area contributed by atoms with Crippen molar-refractivity contribution in [2.45, 2.75) is 19.9 Å². The highest BCUT2D eigenvalue weighted by Crippen LogP contribution is 2.37. The van der Waals surface area contributed by atoms with E-state index in [9.17, 15) is 4.79 Å². The molecule has 1 aliphatic rings. The smallest absolute Gasteiger partial charge is 0.270 e. The largest absolute Gasteiger partial charge is 0.486 e. The Kier molecular flexibility index (Phi) is 4.47. The maximum absolute atomic E-state index is 12.3. The predicted molar refractivity (Wildman–Crippen MR) is 87.8 cm³/mol. The van der Waals surface area contributed by atoms with Crippen LogP contribution in [0.25, 0.3) is 0 Å². The molecule has 0 unspecified atom stereocenters. The fourth-order valence-corrected chi connectivity index (χ4v) is 3.01. The van der Waals surface area contributed by atoms with E-state index >= 15 is 0 Å². The summed E-state index contributed by atoms with van der Waals surface area (Å²) < 4.78 is 12.0. The van der Waals surface area contributed by atoms with E-state index in [2.05, 4.69) is 31.2 Å². The molecule has 1 N–H and O–H groups in total. The summed E-state index contributed by atoms with van der Waals surface area (Å²) in [7, 11) is 0. The number of amides is 1. The zero-order valence-corrected chi connectivity index (χ0v) is 14.4. The van der Waals surface area contributed by atoms with E-state index in [1.165, 1.54) is 0 Å². The van der Waals surface area contributed by atoms with Crippen LogP contribution in [-0.4, -0.2) is 29.1 Å². The molecule has 0 spiro atoms. The molecule has 0 aliphatic carbocycles. The van der Waals surface area contributed by atoms with Crippen LogP contribution in [0.3, 0.4) is 0 Å². The lowest BCUT2D eigenvalue weighted by Gasteiger charge is -2.22. The van der Waals surface area contributed by atoms with Crippen molar-refractivity contribution >= 4 is 21.8 Å². The third kappa shape index (κ3) is 3.44. The van der Waals surface area contributed by atoms with E-state index in [0.29, 0.717) is 36.2 Å². The Morgan fingerprint density at radius 2 is 2.00 bits per heavy atom. The number of benzene rings is 1. The Bertz CT molecular complexity index is 751. The molecule has 2 heterocycles. The van der Waals surface area contributed by atoms with Crippen molar-refractivity contribution in [1.29, 1.82) is 0 Å². The SMILES string of the molecule is Cc1nccc(C(=O)N[C@H](C)c2cc3c(cc2Br)OCCO3)n1. The molecular weight excluding hydrogens is 362 g/mol. The summed E-state index contributed by atoms with van der Waals surface area (Å²) in [4.78, 5) is 20.4. The monoisotopic (exact) mass is 377 g/mol. The van der Waals surface area contributed by atoms with Gasteiger partial charge in [0.05, 0.1) is 6.04 Å². The molecule has 1 amide bonds. The minimum Gasteiger partial charge on any atom is -0.486 e. The normalized spacial score (nSPS) is 14.2. The van der Waals surface area contributed by atoms with Crippen LogP contribution in [0.15, 0.2) is 28.9 Å². The molecule has 6 nitrogen and oxygen atoms in total. The number of nitrogens with one attached hydrogen (secondary N) is 1. The average molecular weight is 378 g/mol. The van der Waals surface area contributed by atoms with Crippen molar-refractivity contribution in [3.63, 3.8) is 0 Å². The molecule has 1 aromatic carbocycles. The summed E-state index contributed by atoms with van der Waals surface area (Å²) in [6, 6.07) is 5.12. The van der Waals surface area contributed by atoms with Crippen molar-refractivity contribution in [1.82, 2.24) is 15.3 Å². The maximum atomic E-state index is 12.3. The molecule has 0 fully saturated rings. The number of rotatable bonds is 3. The van der Waals surface area contributed by atoms with Gasteiger partial charge in [-0.3, -0.25) is 4.79 Å². The van der Waals surface area contributed by atoms with Crippen LogP contribution < -0.4 is 14.8 Å². The zero-order chi connectivity index (χ0) is 16.4. The minimum atomic E-state index is -0.246. The van der Waals surface area contributed by atoms with Gasteiger partial charge in [0, 0.05) is 10.7 Å². The predicted octanol–water partition coefficient (Wildman–Crippen LogP) is 2.81. The number of aromatic nitrogens is 2. The molecule has 1 aliphatic heterocycles. The van der Waals surface area contributed by atoms with Gasteiger partial charge in [0.1, 0.15) is 24.7 Å². The summed E-state index contributed by atoms with van der Waals surface area (Å²) in [5.74, 6) is 1.71. The molecule has 0 radical (unpaired) electrons. The zero-order valence-electron chi connectivity index (χ0n) is 12.8. The van der Waals surface area contributed by atoms with Crippen LogP contribution in [0.4, 0.5) is 0 Å². The van der Waals surface area contributed by atoms with Crippen LogP contribution >= 0.6 is 15.9 Å². The number of nitrogens with zero attached hydrogens (tertiary/aromatic N) is 2. The Labute approximate surface area is 142 Å². The lowest BCUT2D eigenvalue weighted by Crippen LogP contribution is -2.28. The van der Waals surface area contributed by atoms with Crippen LogP contribution in [0.5, 0.6) is 11.5 Å². The average Bonchev–Trinajstić information content (AvgIpc) is 2.54. The topological polar surface area (TPSA) is 73.3 Å². The molecule has 0 saturated carbocycles. The maximum Gasteiger partial charge on any atom is 0.270 e. The van der Waals surface area contributed by atoms with Crippen LogP contribution in [-0.2, 0) is 0 Å². The summed E-state index contributed by atoms with van der Waals surface area (Å²) in [5.41, 5.74) is 1.26. The first-order valence-electron chi connectivity index (χ1n) is 7.24. The molecule has 3 rings (SSSR count). The fraction of sp³-hybridized carbons (Fsp3) is 0.312. The highest BCUT2D eigenvalue weighted by atomic mass is 79.9. The first-order valence-corrected chi connectivity index (χ1v) is 8.03. The van der Waals surface area contributed by atoms with E-state index in [-0.39, 0.29) is 11.9 Å². The standard InChI is InChI=1S/C16H16BrN3O3/c1-9(19-16(21)13-3-4-18-10(2)20-13)11-7-14-15(8-12(11)17)23-6-5-22-14/h3-4,7-9H,5-6H2,1-2H3,(H,19,21)/t9-/m1/s1. The van der Waals surface area contributed by atoms with E-state index < -0.39 is 0 Å². The van der Waals surface area contributed by atoms with Crippen molar-refractivity contribution in [2.75, 3.05) is 13.2 Å². The molecule has 120 valence electrons. The van der Waals surface area contributed by atoms with Crippen molar-refractivity contribution in [3.05, 3.63) is 46.0 Å². The summed E-state index contributed by atoms with van der Waals surface area (Å²) in [6.45, 7) is 4.72. The number of hydrogen-bond donors (Lipinski definition) is 1. The number of hydrogen-bond acceptors (Lipinski definition) is 5. The summed E-state index contributed by atoms with van der Waals surface area (Å²) >= 11 is 3.52. The van der Waals surface area contributed by atoms with Gasteiger partial charge in [0.25, 0.3) is 5.91 Å². The molecule has 2 aromatic rings. The second-order valence-corrected chi connectivity index (χ2v) is 6.06. The van der Waals surface area contributed by atoms with Gasteiger partial charge < -0.3 is 14.8 Å². The van der Waals surface area contributed by atoms with E-state index in [1.807, 2.05) is 19.1 Å². The number of ether oxygens (including phenoxy) is 2. The molecule has 0 bridgehead atoms. The van der Waals surface area contributed by atoms with Gasteiger partial charge in [-0.1, -0.05) is 15.9 Å². The van der Waals surface area contributed by atoms with Gasteiger partial charge in [-0.05, 0) is 37.6 Å². The van der Waals surface area contributed by atoms with Crippen LogP contribution in [0.2, 0.25) is 0 Å². The Morgan fingerprint density at radius 1 is 1.30 bits per heavy atom. The summed E-state index contributed by atoms with van der Waals surface area (Å²) in [6.07, 6.45) is 1.57. The molecule has 23 heavy (non-hydrogen) atoms. The second-order valence-electron chi connectivity index (χ2n) is 5.20. The quantitative estimate of drug-likeness (QED) is 0.889. The Hall–Kier alpha value is -2.15. The van der Waals surface area contributed by atoms with Gasteiger partial charge in [-0.25, -0.2) is 9.97 Å². The lowest BCUT2D eigenvalue weighted by molar-refractivity contribution is 0.0934. The number of halogens is 1. The highest BCUT2D eigenvalue weighted by molar-refractivity contribution is 9.10. The lowest BCUT2D eigenvalue weighted by atomic mass is 10.1. The van der Waals surface area contributed by atoms with Crippen molar-refractivity contribution < 1.29 is 14.3 Å². The van der Waals surface area contributed by atoms with Crippen LogP contribution in [0.1, 0.15) is 34.8 Å². The first-order chi connectivity index (χ1) is 11.0. The van der Waals surface area contributed by atoms with E-state index in [1.54, 1.807) is 19.2 Å². The van der Waals surface area contributed by atoms with Gasteiger partial charge in [-0.2, -0.15) is 0 Å². The van der Waals surface area contributed by atoms with E-state index in [0.717, 1.165) is 10.0 Å². The Balaban J connectivity index is 1.80. The van der Waals surface area contributed by atoms with Crippen molar-refractivity contribution in [3.8, 4) is 11.5 Å². The van der Waals surface area contributed by atoms with Crippen molar-refractivity contribution in [2.24, 2.45) is 0 Å². The number of aryl methyl sites for hydroxylation is 1. The molecule has 0 saturated heterocycles. The second kappa shape index (κ2) is 6.54. The molecular formula is C16H16BrN3O3. The third-order valence-electron chi connectivity index (χ3n) is 3.48. The number of carbonyl (C=O) groups is 1. The van der Waals surface area contributed by atoms with E-state index in [4.69, 9.17) is 9.47 Å². The fourth-order valence-electron chi connectivity index (χ4n) is 2.34. The summed E-state index contributed by atoms with van der Waals surface area (Å²) in [5, 5.41) is 2.93.